The molecule has 0 aromatic heterocycles. The fourth-order valence-electron chi connectivity index (χ4n) is 1.74. The van der Waals surface area contributed by atoms with Gasteiger partial charge in [-0.1, -0.05) is 10.2 Å². The topological polar surface area (TPSA) is 107 Å². The Morgan fingerprint density at radius 1 is 1.07 bits per heavy atom. The fraction of sp³-hybridized carbons (Fsp3) is 1.00. The maximum atomic E-state index is 8.31. The molecule has 0 heterocycles. The second-order valence-corrected chi connectivity index (χ2v) is 3.28. The van der Waals surface area contributed by atoms with Crippen LogP contribution in [0.3, 0.4) is 0 Å². The van der Waals surface area contributed by atoms with Crippen LogP contribution in [0.25, 0.3) is 20.9 Å². The van der Waals surface area contributed by atoms with Gasteiger partial charge in [-0.05, 0) is 30.3 Å². The Balaban J connectivity index is 2.64. The lowest BCUT2D eigenvalue weighted by atomic mass is 9.90. The van der Waals surface area contributed by atoms with Crippen molar-refractivity contribution in [1.82, 2.24) is 0 Å². The van der Waals surface area contributed by atoms with Crippen LogP contribution in [-0.4, -0.2) is 25.3 Å². The van der Waals surface area contributed by atoms with Crippen molar-refractivity contribution >= 4 is 0 Å². The molecule has 1 fully saturated rings. The average molecular weight is 196 g/mol. The van der Waals surface area contributed by atoms with E-state index in [-0.39, 0.29) is 18.2 Å². The lowest BCUT2D eigenvalue weighted by Gasteiger charge is -2.29. The molecule has 7 nitrogen and oxygen atoms in total. The first-order valence-corrected chi connectivity index (χ1v) is 4.41. The van der Waals surface area contributed by atoms with Crippen molar-refractivity contribution < 1.29 is 4.74 Å². The summed E-state index contributed by atoms with van der Waals surface area (Å²) in [6, 6.07) is -0.233. The monoisotopic (exact) mass is 196 g/mol. The highest BCUT2D eigenvalue weighted by Crippen LogP contribution is 2.25. The summed E-state index contributed by atoms with van der Waals surface area (Å²) in [5, 5.41) is 7.26. The van der Waals surface area contributed by atoms with E-state index in [0.29, 0.717) is 19.3 Å². The van der Waals surface area contributed by atoms with Crippen LogP contribution >= 0.6 is 0 Å². The van der Waals surface area contributed by atoms with Crippen molar-refractivity contribution in [3.05, 3.63) is 20.9 Å². The molecule has 0 aliphatic heterocycles. The third kappa shape index (κ3) is 2.81. The summed E-state index contributed by atoms with van der Waals surface area (Å²) in [6.07, 6.45) is 2.05. The van der Waals surface area contributed by atoms with E-state index in [2.05, 4.69) is 20.1 Å². The zero-order valence-electron chi connectivity index (χ0n) is 7.94. The minimum Gasteiger partial charge on any atom is -0.381 e. The van der Waals surface area contributed by atoms with Crippen LogP contribution in [-0.2, 0) is 4.74 Å². The van der Waals surface area contributed by atoms with E-state index in [1.807, 2.05) is 0 Å². The van der Waals surface area contributed by atoms with E-state index < -0.39 is 0 Å². The molecule has 0 N–H and O–H groups in total. The Labute approximate surface area is 81.3 Å². The highest BCUT2D eigenvalue weighted by molar-refractivity contribution is 4.87. The van der Waals surface area contributed by atoms with Crippen LogP contribution < -0.4 is 0 Å². The zero-order chi connectivity index (χ0) is 10.4. The van der Waals surface area contributed by atoms with Crippen LogP contribution in [0.1, 0.15) is 19.3 Å². The molecule has 1 rings (SSSR count). The van der Waals surface area contributed by atoms with Gasteiger partial charge in [-0.3, -0.25) is 0 Å². The fourth-order valence-corrected chi connectivity index (χ4v) is 1.74. The van der Waals surface area contributed by atoms with Crippen molar-refractivity contribution in [1.29, 1.82) is 0 Å². The number of hydrogen-bond acceptors (Lipinski definition) is 3. The summed E-state index contributed by atoms with van der Waals surface area (Å²) in [4.78, 5) is 5.51. The molecule has 0 aromatic carbocycles. The third-order valence-corrected chi connectivity index (χ3v) is 2.38. The molecule has 14 heavy (non-hydrogen) atoms. The molecule has 0 bridgehead atoms. The average Bonchev–Trinajstić information content (AvgIpc) is 2.18. The standard InChI is InChI=1S/C7H12N6O/c1-14-7-3-5(10-12-8)2-6(4-7)11-13-9/h5-7H,2-4H2,1H3/t5-,6+,7?. The lowest BCUT2D eigenvalue weighted by molar-refractivity contribution is 0.0577. The molecule has 1 aliphatic rings. The number of hydrogen-bond donors (Lipinski definition) is 0. The largest absolute Gasteiger partial charge is 0.381 e. The third-order valence-electron chi connectivity index (χ3n) is 2.38. The van der Waals surface area contributed by atoms with E-state index in [0.717, 1.165) is 0 Å². The first-order valence-electron chi connectivity index (χ1n) is 4.41. The van der Waals surface area contributed by atoms with Crippen molar-refractivity contribution in [3.63, 3.8) is 0 Å². The second-order valence-electron chi connectivity index (χ2n) is 3.28. The summed E-state index contributed by atoms with van der Waals surface area (Å²) in [7, 11) is 1.61. The van der Waals surface area contributed by atoms with Gasteiger partial charge in [-0.15, -0.1) is 0 Å². The van der Waals surface area contributed by atoms with Gasteiger partial charge in [-0.25, -0.2) is 0 Å². The molecule has 0 amide bonds. The summed E-state index contributed by atoms with van der Waals surface area (Å²) < 4.78 is 5.18. The summed E-state index contributed by atoms with van der Waals surface area (Å²) in [5.74, 6) is 0. The van der Waals surface area contributed by atoms with Gasteiger partial charge >= 0.3 is 0 Å². The van der Waals surface area contributed by atoms with Crippen LogP contribution in [0.2, 0.25) is 0 Å². The summed E-state index contributed by atoms with van der Waals surface area (Å²) in [6.45, 7) is 0. The van der Waals surface area contributed by atoms with Crippen molar-refractivity contribution in [3.8, 4) is 0 Å². The van der Waals surface area contributed by atoms with Gasteiger partial charge in [-0.2, -0.15) is 0 Å². The van der Waals surface area contributed by atoms with Crippen molar-refractivity contribution in [2.45, 2.75) is 37.5 Å². The molecule has 0 aromatic rings. The number of rotatable bonds is 3. The smallest absolute Gasteiger partial charge is 0.0579 e. The van der Waals surface area contributed by atoms with Crippen LogP contribution in [0.5, 0.6) is 0 Å². The van der Waals surface area contributed by atoms with E-state index in [1.54, 1.807) is 7.11 Å². The Bertz CT molecular complexity index is 254. The molecule has 1 saturated carbocycles. The predicted molar refractivity (Wildman–Crippen MR) is 50.5 cm³/mol. The molecule has 3 atom stereocenters. The molecule has 1 unspecified atom stereocenters. The molecule has 0 radical (unpaired) electrons. The summed E-state index contributed by atoms with van der Waals surface area (Å²) in [5.41, 5.74) is 16.6. The Morgan fingerprint density at radius 2 is 1.57 bits per heavy atom. The Kier molecular flexibility index (Phi) is 4.07. The number of ether oxygens (including phenoxy) is 1. The predicted octanol–water partition coefficient (Wildman–Crippen LogP) is 2.54. The second kappa shape index (κ2) is 5.34. The number of methoxy groups -OCH3 is 1. The Hall–Kier alpha value is -1.42. The van der Waals surface area contributed by atoms with Crippen LogP contribution in [0, 0.1) is 0 Å². The highest BCUT2D eigenvalue weighted by Gasteiger charge is 2.27. The number of azide groups is 2. The van der Waals surface area contributed by atoms with Gasteiger partial charge in [0.05, 0.1) is 6.10 Å². The molecular formula is C7H12N6O. The molecule has 0 saturated heterocycles. The maximum absolute atomic E-state index is 8.31. The van der Waals surface area contributed by atoms with Gasteiger partial charge in [0.25, 0.3) is 0 Å². The van der Waals surface area contributed by atoms with Crippen LogP contribution in [0.4, 0.5) is 0 Å². The van der Waals surface area contributed by atoms with Gasteiger partial charge in [0, 0.05) is 29.0 Å². The SMILES string of the molecule is COC1C[C@@H](N=[N+]=[N-])C[C@@H](N=[N+]=[N-])C1. The molecule has 0 spiro atoms. The van der Waals surface area contributed by atoms with Crippen LogP contribution in [0.15, 0.2) is 10.2 Å². The van der Waals surface area contributed by atoms with Gasteiger partial charge in [0.1, 0.15) is 0 Å². The molecular weight excluding hydrogens is 184 g/mol. The van der Waals surface area contributed by atoms with E-state index in [9.17, 15) is 0 Å². The highest BCUT2D eigenvalue weighted by atomic mass is 16.5. The van der Waals surface area contributed by atoms with Gasteiger partial charge < -0.3 is 4.74 Å². The number of nitrogens with zero attached hydrogens (tertiary/aromatic N) is 6. The molecule has 7 heteroatoms. The van der Waals surface area contributed by atoms with E-state index in [1.165, 1.54) is 0 Å². The summed E-state index contributed by atoms with van der Waals surface area (Å²) >= 11 is 0. The Morgan fingerprint density at radius 3 is 1.93 bits per heavy atom. The van der Waals surface area contributed by atoms with E-state index in [4.69, 9.17) is 15.8 Å². The van der Waals surface area contributed by atoms with Crippen molar-refractivity contribution in [2.24, 2.45) is 10.2 Å². The minimum atomic E-state index is -0.116. The normalized spacial score (nSPS) is 31.4. The molecule has 1 aliphatic carbocycles. The van der Waals surface area contributed by atoms with Gasteiger partial charge in [0.15, 0.2) is 0 Å². The van der Waals surface area contributed by atoms with E-state index >= 15 is 0 Å². The lowest BCUT2D eigenvalue weighted by Crippen LogP contribution is -2.31. The first kappa shape index (κ1) is 10.7. The molecule has 76 valence electrons. The van der Waals surface area contributed by atoms with Gasteiger partial charge in [0.2, 0.25) is 0 Å². The minimum absolute atomic E-state index is 0.0229. The first-order chi connectivity index (χ1) is 6.80. The zero-order valence-corrected chi connectivity index (χ0v) is 7.94. The van der Waals surface area contributed by atoms with Crippen molar-refractivity contribution in [2.75, 3.05) is 7.11 Å². The quantitative estimate of drug-likeness (QED) is 0.386. The maximum Gasteiger partial charge on any atom is 0.0579 e.